The molecule has 2 heterocycles. The van der Waals surface area contributed by atoms with Crippen LogP contribution in [0.5, 0.6) is 11.5 Å². The van der Waals surface area contributed by atoms with Crippen LogP contribution in [0.15, 0.2) is 46.9 Å². The first-order valence-corrected chi connectivity index (χ1v) is 10.4. The minimum Gasteiger partial charge on any atom is -0.493 e. The third-order valence-electron chi connectivity index (χ3n) is 6.13. The summed E-state index contributed by atoms with van der Waals surface area (Å²) in [5.74, 6) is 1.41. The van der Waals surface area contributed by atoms with E-state index in [9.17, 15) is 4.79 Å². The van der Waals surface area contributed by atoms with Crippen molar-refractivity contribution >= 4 is 33.6 Å². The number of para-hydroxylation sites is 1. The molecule has 4 rings (SSSR count). The van der Waals surface area contributed by atoms with Crippen molar-refractivity contribution in [2.45, 2.75) is 31.3 Å². The van der Waals surface area contributed by atoms with Crippen LogP contribution in [-0.2, 0) is 10.2 Å². The van der Waals surface area contributed by atoms with E-state index in [1.807, 2.05) is 24.3 Å². The molecular weight excluding hydrogens is 432 g/mol. The van der Waals surface area contributed by atoms with Gasteiger partial charge in [0.15, 0.2) is 11.5 Å². The molecule has 0 spiro atoms. The number of halogens is 1. The van der Waals surface area contributed by atoms with Gasteiger partial charge in [0.1, 0.15) is 5.66 Å². The number of carbonyl (C=O) groups is 1. The molecule has 0 aliphatic carbocycles. The second-order valence-electron chi connectivity index (χ2n) is 7.92. The van der Waals surface area contributed by atoms with Crippen molar-refractivity contribution in [3.8, 4) is 11.5 Å². The first-order valence-electron chi connectivity index (χ1n) is 9.63. The topological polar surface area (TPSA) is 50.8 Å². The van der Waals surface area contributed by atoms with Crippen LogP contribution in [0.1, 0.15) is 31.4 Å². The van der Waals surface area contributed by atoms with Gasteiger partial charge in [-0.25, -0.2) is 0 Å². The standard InChI is InChI=1S/C23H25BrN2O3/c1-22(2)17-14-16(24)8-9-18(17)26-13-11-20(27)25-23(22,26)12-10-15-6-5-7-19(28-3)21(15)29-4/h5-10,12,14H,11,13H2,1-4H3,(H,25,27)/t23-/m0/s1. The van der Waals surface area contributed by atoms with Crippen molar-refractivity contribution in [1.82, 2.24) is 5.32 Å². The second-order valence-corrected chi connectivity index (χ2v) is 8.83. The van der Waals surface area contributed by atoms with Gasteiger partial charge in [0.05, 0.1) is 14.2 Å². The number of hydrogen-bond donors (Lipinski definition) is 1. The smallest absolute Gasteiger partial charge is 0.223 e. The Morgan fingerprint density at radius 2 is 1.97 bits per heavy atom. The van der Waals surface area contributed by atoms with Gasteiger partial charge < -0.3 is 19.7 Å². The molecule has 0 bridgehead atoms. The largest absolute Gasteiger partial charge is 0.493 e. The summed E-state index contributed by atoms with van der Waals surface area (Å²) in [4.78, 5) is 14.8. The average molecular weight is 457 g/mol. The van der Waals surface area contributed by atoms with E-state index in [0.29, 0.717) is 24.5 Å². The van der Waals surface area contributed by atoms with Gasteiger partial charge in [-0.1, -0.05) is 48.0 Å². The van der Waals surface area contributed by atoms with Crippen molar-refractivity contribution in [1.29, 1.82) is 0 Å². The summed E-state index contributed by atoms with van der Waals surface area (Å²) < 4.78 is 12.0. The Labute approximate surface area is 179 Å². The predicted octanol–water partition coefficient (Wildman–Crippen LogP) is 4.49. The van der Waals surface area contributed by atoms with Crippen LogP contribution in [0.2, 0.25) is 0 Å². The summed E-state index contributed by atoms with van der Waals surface area (Å²) in [6.45, 7) is 5.03. The summed E-state index contributed by atoms with van der Waals surface area (Å²) in [6.07, 6.45) is 4.58. The molecule has 2 aliphatic rings. The lowest BCUT2D eigenvalue weighted by molar-refractivity contribution is -0.124. The molecule has 1 saturated heterocycles. The number of amides is 1. The molecule has 6 heteroatoms. The van der Waals surface area contributed by atoms with E-state index in [-0.39, 0.29) is 11.3 Å². The zero-order chi connectivity index (χ0) is 20.8. The first-order chi connectivity index (χ1) is 13.8. The highest BCUT2D eigenvalue weighted by atomic mass is 79.9. The Morgan fingerprint density at radius 3 is 2.69 bits per heavy atom. The molecule has 2 aromatic carbocycles. The highest BCUT2D eigenvalue weighted by Gasteiger charge is 2.57. The monoisotopic (exact) mass is 456 g/mol. The molecule has 0 saturated carbocycles. The number of benzene rings is 2. The number of fused-ring (bicyclic) bond motifs is 3. The molecule has 152 valence electrons. The van der Waals surface area contributed by atoms with Crippen LogP contribution in [0.25, 0.3) is 6.08 Å². The fourth-order valence-electron chi connectivity index (χ4n) is 4.58. The summed E-state index contributed by atoms with van der Waals surface area (Å²) in [7, 11) is 3.26. The van der Waals surface area contributed by atoms with Crippen LogP contribution in [0.3, 0.4) is 0 Å². The molecule has 1 N–H and O–H groups in total. The number of rotatable bonds is 4. The fourth-order valence-corrected chi connectivity index (χ4v) is 4.94. The van der Waals surface area contributed by atoms with Crippen molar-refractivity contribution in [3.05, 3.63) is 58.1 Å². The van der Waals surface area contributed by atoms with Crippen molar-refractivity contribution in [2.75, 3.05) is 25.7 Å². The molecule has 1 fully saturated rings. The molecule has 1 atom stereocenters. The number of ether oxygens (including phenoxy) is 2. The Bertz CT molecular complexity index is 1000. The second kappa shape index (κ2) is 7.10. The molecule has 2 aliphatic heterocycles. The van der Waals surface area contributed by atoms with E-state index in [1.165, 1.54) is 5.56 Å². The first kappa shape index (κ1) is 19.8. The highest BCUT2D eigenvalue weighted by molar-refractivity contribution is 9.10. The molecule has 1 amide bonds. The van der Waals surface area contributed by atoms with Gasteiger partial charge in [-0.2, -0.15) is 0 Å². The molecule has 0 unspecified atom stereocenters. The SMILES string of the molecule is COc1cccc(C=C[C@]23NC(=O)CCN2c2ccc(Br)cc2C3(C)C)c1OC. The van der Waals surface area contributed by atoms with Gasteiger partial charge in [0, 0.05) is 34.1 Å². The molecule has 0 aromatic heterocycles. The van der Waals surface area contributed by atoms with E-state index in [4.69, 9.17) is 9.47 Å². The third-order valence-corrected chi connectivity index (χ3v) is 6.62. The van der Waals surface area contributed by atoms with E-state index in [1.54, 1.807) is 14.2 Å². The van der Waals surface area contributed by atoms with Gasteiger partial charge in [-0.3, -0.25) is 4.79 Å². The summed E-state index contributed by atoms with van der Waals surface area (Å²) >= 11 is 3.60. The zero-order valence-electron chi connectivity index (χ0n) is 17.1. The maximum Gasteiger partial charge on any atom is 0.223 e. The number of nitrogens with zero attached hydrogens (tertiary/aromatic N) is 1. The van der Waals surface area contributed by atoms with E-state index < -0.39 is 5.66 Å². The lowest BCUT2D eigenvalue weighted by Crippen LogP contribution is -2.68. The zero-order valence-corrected chi connectivity index (χ0v) is 18.7. The Balaban J connectivity index is 1.86. The molecule has 29 heavy (non-hydrogen) atoms. The Hall–Kier alpha value is -2.47. The quantitative estimate of drug-likeness (QED) is 0.735. The van der Waals surface area contributed by atoms with Gasteiger partial charge in [0.25, 0.3) is 0 Å². The van der Waals surface area contributed by atoms with Crippen molar-refractivity contribution < 1.29 is 14.3 Å². The van der Waals surface area contributed by atoms with Crippen LogP contribution < -0.4 is 19.7 Å². The molecule has 2 aromatic rings. The minimum atomic E-state index is -0.667. The summed E-state index contributed by atoms with van der Waals surface area (Å²) in [6, 6.07) is 12.1. The van der Waals surface area contributed by atoms with Crippen LogP contribution >= 0.6 is 15.9 Å². The predicted molar refractivity (Wildman–Crippen MR) is 119 cm³/mol. The normalized spacial score (nSPS) is 22.2. The van der Waals surface area contributed by atoms with E-state index >= 15 is 0 Å². The van der Waals surface area contributed by atoms with E-state index in [2.05, 4.69) is 64.3 Å². The minimum absolute atomic E-state index is 0.0588. The van der Waals surface area contributed by atoms with Gasteiger partial charge >= 0.3 is 0 Å². The van der Waals surface area contributed by atoms with Crippen molar-refractivity contribution in [3.63, 3.8) is 0 Å². The number of carbonyl (C=O) groups excluding carboxylic acids is 1. The number of anilines is 1. The van der Waals surface area contributed by atoms with Gasteiger partial charge in [-0.05, 0) is 35.9 Å². The van der Waals surface area contributed by atoms with Crippen LogP contribution in [0.4, 0.5) is 5.69 Å². The Morgan fingerprint density at radius 1 is 1.17 bits per heavy atom. The molecule has 5 nitrogen and oxygen atoms in total. The number of methoxy groups -OCH3 is 2. The maximum absolute atomic E-state index is 12.5. The highest BCUT2D eigenvalue weighted by Crippen LogP contribution is 2.53. The summed E-state index contributed by atoms with van der Waals surface area (Å²) in [5.41, 5.74) is 2.25. The fraction of sp³-hybridized carbons (Fsp3) is 0.348. The van der Waals surface area contributed by atoms with Crippen molar-refractivity contribution in [2.24, 2.45) is 0 Å². The summed E-state index contributed by atoms with van der Waals surface area (Å²) in [5, 5.41) is 3.30. The lowest BCUT2D eigenvalue weighted by atomic mass is 9.74. The molecule has 0 radical (unpaired) electrons. The average Bonchev–Trinajstić information content (AvgIpc) is 2.89. The maximum atomic E-state index is 12.5. The van der Waals surface area contributed by atoms with Crippen LogP contribution in [-0.4, -0.2) is 32.3 Å². The Kier molecular flexibility index (Phi) is 4.85. The lowest BCUT2D eigenvalue weighted by Gasteiger charge is -2.49. The number of hydrogen-bond acceptors (Lipinski definition) is 4. The third kappa shape index (κ3) is 2.92. The van der Waals surface area contributed by atoms with Gasteiger partial charge in [-0.15, -0.1) is 0 Å². The van der Waals surface area contributed by atoms with Crippen LogP contribution in [0, 0.1) is 0 Å². The van der Waals surface area contributed by atoms with E-state index in [0.717, 1.165) is 15.7 Å². The van der Waals surface area contributed by atoms with Gasteiger partial charge in [0.2, 0.25) is 5.91 Å². The number of nitrogens with one attached hydrogen (secondary N) is 1. The molecular formula is C23H25BrN2O3.